The number of esters is 1. The molecule has 5 heterocycles. The molecule has 10 rings (SSSR count). The van der Waals surface area contributed by atoms with Gasteiger partial charge in [-0.3, -0.25) is 19.3 Å². The Morgan fingerprint density at radius 2 is 1.47 bits per heavy atom. The molecule has 0 aromatic heterocycles. The summed E-state index contributed by atoms with van der Waals surface area (Å²) in [5.74, 6) is 5.44. The van der Waals surface area contributed by atoms with E-state index in [9.17, 15) is 10.2 Å². The van der Waals surface area contributed by atoms with Crippen molar-refractivity contribution in [3.8, 4) is 17.6 Å². The molecule has 5 aromatic carbocycles. The molecule has 7 atom stereocenters. The standard InChI is InChI=1S/C51H50N4O6S/c56-29-13-12-16-33-23-28-39-38(32-33)51(49(60)52-39)42(47(58)54-50-53-40-21-10-11-22-41(40)62(50)30-14-2-1-3-15-31-62)44-48(59)61-45(35-19-8-5-9-20-35)43(34-17-6-4-7-18-34)55(44)46(51)36-24-26-37(57)27-25-36/h4-11,17-28,32,42-46,50,53,56-57H,1-3,13-15,29-31H2,(H,52,60)(H,54,58)/t42-,43-,44-,45+,46+,50?,51-/m0/s1. The van der Waals surface area contributed by atoms with Crippen molar-refractivity contribution < 1.29 is 29.3 Å². The number of aromatic hydroxyl groups is 1. The number of hydrogen-bond donors (Lipinski definition) is 5. The monoisotopic (exact) mass is 846 g/mol. The molecule has 2 spiro atoms. The highest BCUT2D eigenvalue weighted by molar-refractivity contribution is 8.34. The molecule has 5 aliphatic rings. The van der Waals surface area contributed by atoms with Gasteiger partial charge in [-0.15, -0.1) is 0 Å². The largest absolute Gasteiger partial charge is 0.508 e. The highest BCUT2D eigenvalue weighted by Gasteiger charge is 2.74. The minimum absolute atomic E-state index is 0.0449. The third kappa shape index (κ3) is 6.46. The van der Waals surface area contributed by atoms with Gasteiger partial charge in [-0.2, -0.15) is 10.0 Å². The molecular formula is C51H50N4O6S. The first kappa shape index (κ1) is 40.0. The second-order valence-corrected chi connectivity index (χ2v) is 20.6. The van der Waals surface area contributed by atoms with Gasteiger partial charge in [0, 0.05) is 28.3 Å². The summed E-state index contributed by atoms with van der Waals surface area (Å²) < 4.78 is 6.62. The zero-order valence-corrected chi connectivity index (χ0v) is 35.2. The van der Waals surface area contributed by atoms with Crippen LogP contribution in [-0.2, 0) is 24.5 Å². The summed E-state index contributed by atoms with van der Waals surface area (Å²) >= 11 is 0. The number of cyclic esters (lactones) is 1. The Balaban J connectivity index is 1.21. The molecular weight excluding hydrogens is 797 g/mol. The highest BCUT2D eigenvalue weighted by atomic mass is 32.3. The molecule has 0 saturated carbocycles. The molecule has 0 radical (unpaired) electrons. The van der Waals surface area contributed by atoms with Gasteiger partial charge in [0.05, 0.1) is 24.6 Å². The van der Waals surface area contributed by atoms with Crippen molar-refractivity contribution in [2.45, 2.75) is 78.6 Å². The van der Waals surface area contributed by atoms with Crippen molar-refractivity contribution in [3.63, 3.8) is 0 Å². The lowest BCUT2D eigenvalue weighted by Crippen LogP contribution is -2.57. The Labute approximate surface area is 363 Å². The zero-order chi connectivity index (χ0) is 42.4. The van der Waals surface area contributed by atoms with Gasteiger partial charge in [0.15, 0.2) is 0 Å². The number of amides is 2. The average Bonchev–Trinajstić information content (AvgIpc) is 3.88. The summed E-state index contributed by atoms with van der Waals surface area (Å²) in [6.07, 6.45) is 5.02. The quantitative estimate of drug-likeness (QED) is 0.0855. The minimum atomic E-state index is -1.69. The average molecular weight is 847 g/mol. The molecule has 2 amide bonds. The van der Waals surface area contributed by atoms with E-state index in [1.54, 1.807) is 24.3 Å². The fraction of sp³-hybridized carbons (Fsp3) is 0.314. The van der Waals surface area contributed by atoms with E-state index < -0.39 is 68.9 Å². The minimum Gasteiger partial charge on any atom is -0.508 e. The van der Waals surface area contributed by atoms with Gasteiger partial charge in [-0.1, -0.05) is 116 Å². The fourth-order valence-electron chi connectivity index (χ4n) is 11.0. The molecule has 3 saturated heterocycles. The molecule has 11 heteroatoms. The fourth-order valence-corrected chi connectivity index (χ4v) is 15.5. The smallest absolute Gasteiger partial charge is 0.324 e. The maximum Gasteiger partial charge on any atom is 0.324 e. The Morgan fingerprint density at radius 1 is 0.790 bits per heavy atom. The van der Waals surface area contributed by atoms with Gasteiger partial charge in [0.2, 0.25) is 11.8 Å². The van der Waals surface area contributed by atoms with E-state index in [4.69, 9.17) is 4.74 Å². The first-order chi connectivity index (χ1) is 30.3. The summed E-state index contributed by atoms with van der Waals surface area (Å²) in [6.45, 7) is -0.0994. The molecule has 316 valence electrons. The number of carbonyl (C=O) groups excluding carboxylic acids is 3. The lowest BCUT2D eigenvalue weighted by molar-refractivity contribution is -0.178. The number of phenols is 1. The van der Waals surface area contributed by atoms with E-state index in [1.807, 2.05) is 84.9 Å². The van der Waals surface area contributed by atoms with Crippen LogP contribution in [0.3, 0.4) is 0 Å². The number of para-hydroxylation sites is 1. The van der Waals surface area contributed by atoms with Gasteiger partial charge >= 0.3 is 5.97 Å². The van der Waals surface area contributed by atoms with Crippen molar-refractivity contribution in [1.82, 2.24) is 10.2 Å². The maximum absolute atomic E-state index is 16.1. The van der Waals surface area contributed by atoms with Crippen LogP contribution in [0.5, 0.6) is 5.75 Å². The van der Waals surface area contributed by atoms with E-state index in [0.29, 0.717) is 22.4 Å². The van der Waals surface area contributed by atoms with E-state index in [0.717, 1.165) is 54.0 Å². The number of rotatable bonds is 6. The third-order valence-corrected chi connectivity index (χ3v) is 18.0. The Bertz CT molecular complexity index is 2570. The number of fused-ring (bicyclic) bond motifs is 5. The summed E-state index contributed by atoms with van der Waals surface area (Å²) in [4.78, 5) is 50.4. The number of hydrogen-bond acceptors (Lipinski definition) is 8. The number of anilines is 2. The molecule has 5 aromatic rings. The number of carbonyl (C=O) groups is 3. The molecule has 5 N–H and O–H groups in total. The van der Waals surface area contributed by atoms with Crippen LogP contribution >= 0.6 is 10.0 Å². The van der Waals surface area contributed by atoms with Gasteiger partial charge in [0.25, 0.3) is 0 Å². The van der Waals surface area contributed by atoms with E-state index in [-0.39, 0.29) is 18.8 Å². The summed E-state index contributed by atoms with van der Waals surface area (Å²) in [5.41, 5.74) is 2.87. The van der Waals surface area contributed by atoms with Crippen molar-refractivity contribution in [2.24, 2.45) is 5.92 Å². The number of ether oxygens (including phenoxy) is 1. The Morgan fingerprint density at radius 3 is 2.19 bits per heavy atom. The lowest BCUT2D eigenvalue weighted by atomic mass is 9.65. The highest BCUT2D eigenvalue weighted by Crippen LogP contribution is 2.68. The topological polar surface area (TPSA) is 140 Å². The maximum atomic E-state index is 16.1. The van der Waals surface area contributed by atoms with E-state index in [1.165, 1.54) is 11.3 Å². The molecule has 1 unspecified atom stereocenters. The van der Waals surface area contributed by atoms with Crippen LogP contribution in [0.15, 0.2) is 132 Å². The van der Waals surface area contributed by atoms with Crippen LogP contribution in [-0.4, -0.2) is 62.5 Å². The number of benzene rings is 5. The third-order valence-electron chi connectivity index (χ3n) is 13.6. The van der Waals surface area contributed by atoms with E-state index >= 15 is 14.4 Å². The van der Waals surface area contributed by atoms with Gasteiger partial charge in [-0.05, 0) is 89.1 Å². The molecule has 3 fully saturated rings. The van der Waals surface area contributed by atoms with Gasteiger partial charge in [-0.25, -0.2) is 0 Å². The number of aliphatic hydroxyl groups is 1. The van der Waals surface area contributed by atoms with Crippen LogP contribution < -0.4 is 16.0 Å². The van der Waals surface area contributed by atoms with Crippen LogP contribution in [0, 0.1) is 17.8 Å². The van der Waals surface area contributed by atoms with E-state index in [2.05, 4.69) is 50.9 Å². The number of aliphatic hydroxyl groups excluding tert-OH is 1. The normalized spacial score (nSPS) is 27.6. The second kappa shape index (κ2) is 16.3. The Hall–Kier alpha value is -6.06. The number of phenolic OH excluding ortho intramolecular Hbond substituents is 1. The van der Waals surface area contributed by atoms with Crippen LogP contribution in [0.2, 0.25) is 0 Å². The SMILES string of the molecule is O=C1O[C@H](c2ccccc2)[C@H](c2ccccc2)N2[C@H]1[C@@H](C(=O)NC1Nc3ccccc3S13CCCCCCC3)[C@]1(C(=O)Nc3ccc(C#CCCO)cc31)[C@H]2c1ccc(O)cc1. The summed E-state index contributed by atoms with van der Waals surface area (Å²) in [7, 11) is -1.63. The molecule has 0 bridgehead atoms. The number of morpholine rings is 1. The molecule has 5 aliphatic heterocycles. The van der Waals surface area contributed by atoms with Crippen molar-refractivity contribution in [2.75, 3.05) is 28.7 Å². The predicted octanol–water partition coefficient (Wildman–Crippen LogP) is 8.05. The van der Waals surface area contributed by atoms with Gasteiger partial charge in [0.1, 0.15) is 28.8 Å². The van der Waals surface area contributed by atoms with Crippen molar-refractivity contribution in [1.29, 1.82) is 0 Å². The van der Waals surface area contributed by atoms with Crippen molar-refractivity contribution >= 4 is 39.2 Å². The lowest BCUT2D eigenvalue weighted by Gasteiger charge is -2.46. The second-order valence-electron chi connectivity index (χ2n) is 17.0. The summed E-state index contributed by atoms with van der Waals surface area (Å²) in [5, 5.41) is 30.7. The Kier molecular flexibility index (Phi) is 10.5. The summed E-state index contributed by atoms with van der Waals surface area (Å²) in [6, 6.07) is 37.3. The van der Waals surface area contributed by atoms with Crippen molar-refractivity contribution in [3.05, 3.63) is 155 Å². The molecule has 0 aliphatic carbocycles. The molecule has 10 nitrogen and oxygen atoms in total. The first-order valence-electron chi connectivity index (χ1n) is 21.7. The number of nitrogens with zero attached hydrogens (tertiary/aromatic N) is 1. The van der Waals surface area contributed by atoms with Gasteiger partial charge < -0.3 is 30.9 Å². The number of nitrogens with one attached hydrogen (secondary N) is 3. The van der Waals surface area contributed by atoms with Crippen LogP contribution in [0.1, 0.15) is 84.5 Å². The molecule has 62 heavy (non-hydrogen) atoms. The first-order valence-corrected chi connectivity index (χ1v) is 23.7. The predicted molar refractivity (Wildman–Crippen MR) is 240 cm³/mol. The van der Waals surface area contributed by atoms with Crippen LogP contribution in [0.4, 0.5) is 11.4 Å². The zero-order valence-electron chi connectivity index (χ0n) is 34.3. The van der Waals surface area contributed by atoms with Crippen LogP contribution in [0.25, 0.3) is 0 Å².